The quantitative estimate of drug-likeness (QED) is 0.805. The molecule has 1 saturated carbocycles. The maximum absolute atomic E-state index is 6.34. The second kappa shape index (κ2) is 5.29. The molecule has 5 heteroatoms. The lowest BCUT2D eigenvalue weighted by molar-refractivity contribution is -0.0689. The van der Waals surface area contributed by atoms with Gasteiger partial charge in [-0.2, -0.15) is 0 Å². The van der Waals surface area contributed by atoms with E-state index < -0.39 is 0 Å². The fourth-order valence-electron chi connectivity index (χ4n) is 3.29. The standard InChI is InChI=1S/C13H20BrN3O/c14-8-11-9-17(16-15-11)10-12-4-7-13(18-12)5-2-1-3-6-13/h9,12H,1-8,10H2. The number of hydrogen-bond acceptors (Lipinski definition) is 3. The molecule has 2 heterocycles. The largest absolute Gasteiger partial charge is 0.370 e. The van der Waals surface area contributed by atoms with Crippen LogP contribution in [0.1, 0.15) is 50.6 Å². The van der Waals surface area contributed by atoms with Crippen LogP contribution in [0.25, 0.3) is 0 Å². The van der Waals surface area contributed by atoms with Gasteiger partial charge < -0.3 is 4.74 Å². The van der Waals surface area contributed by atoms with E-state index in [0.29, 0.717) is 6.10 Å². The summed E-state index contributed by atoms with van der Waals surface area (Å²) in [5.74, 6) is 0. The lowest BCUT2D eigenvalue weighted by Crippen LogP contribution is -2.32. The Balaban J connectivity index is 1.58. The summed E-state index contributed by atoms with van der Waals surface area (Å²) >= 11 is 3.39. The number of alkyl halides is 1. The number of nitrogens with zero attached hydrogens (tertiary/aromatic N) is 3. The number of ether oxygens (including phenoxy) is 1. The van der Waals surface area contributed by atoms with Crippen LogP contribution in [0, 0.1) is 0 Å². The minimum Gasteiger partial charge on any atom is -0.370 e. The van der Waals surface area contributed by atoms with Crippen LogP contribution in [0.4, 0.5) is 0 Å². The highest BCUT2D eigenvalue weighted by molar-refractivity contribution is 9.08. The van der Waals surface area contributed by atoms with E-state index in [1.807, 2.05) is 10.9 Å². The summed E-state index contributed by atoms with van der Waals surface area (Å²) in [6, 6.07) is 0. The number of halogens is 1. The third kappa shape index (κ3) is 2.62. The van der Waals surface area contributed by atoms with Gasteiger partial charge in [0.05, 0.1) is 23.9 Å². The molecule has 1 spiro atoms. The molecule has 2 fully saturated rings. The van der Waals surface area contributed by atoms with E-state index >= 15 is 0 Å². The molecule has 0 aromatic carbocycles. The predicted molar refractivity (Wildman–Crippen MR) is 72.6 cm³/mol. The Morgan fingerprint density at radius 2 is 2.17 bits per heavy atom. The van der Waals surface area contributed by atoms with Crippen LogP contribution in [0.3, 0.4) is 0 Å². The van der Waals surface area contributed by atoms with Gasteiger partial charge in [0, 0.05) is 11.5 Å². The first kappa shape index (κ1) is 12.6. The Morgan fingerprint density at radius 3 is 2.89 bits per heavy atom. The maximum Gasteiger partial charge on any atom is 0.0932 e. The molecule has 4 nitrogen and oxygen atoms in total. The van der Waals surface area contributed by atoms with Crippen LogP contribution in [-0.2, 0) is 16.6 Å². The Morgan fingerprint density at radius 1 is 1.33 bits per heavy atom. The zero-order chi connectivity index (χ0) is 12.4. The van der Waals surface area contributed by atoms with Crippen molar-refractivity contribution in [2.24, 2.45) is 0 Å². The normalized spacial score (nSPS) is 26.8. The third-order valence-corrected chi connectivity index (χ3v) is 4.79. The molecule has 1 aromatic rings. The second-order valence-corrected chi connectivity index (χ2v) is 6.15. The van der Waals surface area contributed by atoms with Gasteiger partial charge in [0.1, 0.15) is 0 Å². The molecular weight excluding hydrogens is 294 g/mol. The van der Waals surface area contributed by atoms with Crippen LogP contribution in [0.5, 0.6) is 0 Å². The molecule has 1 unspecified atom stereocenters. The average molecular weight is 314 g/mol. The van der Waals surface area contributed by atoms with Gasteiger partial charge in [0.15, 0.2) is 0 Å². The van der Waals surface area contributed by atoms with Crippen LogP contribution in [-0.4, -0.2) is 26.7 Å². The first-order chi connectivity index (χ1) is 8.80. The molecule has 18 heavy (non-hydrogen) atoms. The van der Waals surface area contributed by atoms with Crippen molar-refractivity contribution in [3.05, 3.63) is 11.9 Å². The van der Waals surface area contributed by atoms with Gasteiger partial charge in [-0.25, -0.2) is 4.68 Å². The zero-order valence-corrected chi connectivity index (χ0v) is 12.2. The Kier molecular flexibility index (Phi) is 3.71. The summed E-state index contributed by atoms with van der Waals surface area (Å²) in [7, 11) is 0. The van der Waals surface area contributed by atoms with Crippen LogP contribution in [0.2, 0.25) is 0 Å². The minimum absolute atomic E-state index is 0.210. The highest BCUT2D eigenvalue weighted by Gasteiger charge is 2.40. The van der Waals surface area contributed by atoms with Crippen molar-refractivity contribution in [1.82, 2.24) is 15.0 Å². The van der Waals surface area contributed by atoms with Crippen LogP contribution < -0.4 is 0 Å². The molecule has 1 aliphatic carbocycles. The van der Waals surface area contributed by atoms with Gasteiger partial charge in [0.2, 0.25) is 0 Å². The molecule has 100 valence electrons. The summed E-state index contributed by atoms with van der Waals surface area (Å²) in [5, 5.41) is 9.00. The van der Waals surface area contributed by atoms with Gasteiger partial charge in [-0.3, -0.25) is 0 Å². The lowest BCUT2D eigenvalue weighted by atomic mass is 9.83. The summed E-state index contributed by atoms with van der Waals surface area (Å²) < 4.78 is 8.26. The predicted octanol–water partition coefficient (Wildman–Crippen LogP) is 3.05. The lowest BCUT2D eigenvalue weighted by Gasteiger charge is -2.33. The first-order valence-electron chi connectivity index (χ1n) is 6.92. The van der Waals surface area contributed by atoms with Crippen molar-refractivity contribution in [2.75, 3.05) is 0 Å². The third-order valence-electron chi connectivity index (χ3n) is 4.22. The van der Waals surface area contributed by atoms with E-state index in [9.17, 15) is 0 Å². The minimum atomic E-state index is 0.210. The Hall–Kier alpha value is -0.420. The van der Waals surface area contributed by atoms with E-state index in [-0.39, 0.29) is 5.60 Å². The van der Waals surface area contributed by atoms with Crippen LogP contribution >= 0.6 is 15.9 Å². The first-order valence-corrected chi connectivity index (χ1v) is 8.05. The molecular formula is C13H20BrN3O. The van der Waals surface area contributed by atoms with Crippen molar-refractivity contribution in [3.63, 3.8) is 0 Å². The molecule has 0 radical (unpaired) electrons. The number of hydrogen-bond donors (Lipinski definition) is 0. The van der Waals surface area contributed by atoms with Crippen molar-refractivity contribution >= 4 is 15.9 Å². The Bertz CT molecular complexity index is 401. The molecule has 0 bridgehead atoms. The molecule has 0 N–H and O–H groups in total. The van der Waals surface area contributed by atoms with Crippen molar-refractivity contribution in [2.45, 2.75) is 68.5 Å². The monoisotopic (exact) mass is 313 g/mol. The second-order valence-electron chi connectivity index (χ2n) is 5.59. The van der Waals surface area contributed by atoms with Gasteiger partial charge in [-0.15, -0.1) is 5.10 Å². The molecule has 1 aliphatic heterocycles. The summed E-state index contributed by atoms with van der Waals surface area (Å²) in [4.78, 5) is 0. The molecule has 0 amide bonds. The Labute approximate surface area is 116 Å². The topological polar surface area (TPSA) is 39.9 Å². The number of aromatic nitrogens is 3. The molecule has 1 aromatic heterocycles. The summed E-state index contributed by atoms with van der Waals surface area (Å²) in [6.45, 7) is 0.849. The number of rotatable bonds is 3. The van der Waals surface area contributed by atoms with E-state index in [4.69, 9.17) is 4.74 Å². The molecule has 3 rings (SSSR count). The smallest absolute Gasteiger partial charge is 0.0932 e. The average Bonchev–Trinajstić information content (AvgIpc) is 2.99. The molecule has 1 atom stereocenters. The van der Waals surface area contributed by atoms with Crippen molar-refractivity contribution < 1.29 is 4.74 Å². The van der Waals surface area contributed by atoms with E-state index in [1.54, 1.807) is 0 Å². The SMILES string of the molecule is BrCc1cn(CC2CCC3(CCCCC3)O2)nn1. The van der Waals surface area contributed by atoms with E-state index in [1.165, 1.54) is 44.9 Å². The highest BCUT2D eigenvalue weighted by atomic mass is 79.9. The fourth-order valence-corrected chi connectivity index (χ4v) is 3.54. The fraction of sp³-hybridized carbons (Fsp3) is 0.846. The van der Waals surface area contributed by atoms with Gasteiger partial charge in [-0.1, -0.05) is 40.4 Å². The van der Waals surface area contributed by atoms with Gasteiger partial charge >= 0.3 is 0 Å². The summed E-state index contributed by atoms with van der Waals surface area (Å²) in [5.41, 5.74) is 1.20. The molecule has 2 aliphatic rings. The van der Waals surface area contributed by atoms with Crippen molar-refractivity contribution in [3.8, 4) is 0 Å². The molecule has 1 saturated heterocycles. The van der Waals surface area contributed by atoms with Gasteiger partial charge in [-0.05, 0) is 25.7 Å². The highest BCUT2D eigenvalue weighted by Crippen LogP contribution is 2.42. The van der Waals surface area contributed by atoms with Gasteiger partial charge in [0.25, 0.3) is 0 Å². The zero-order valence-electron chi connectivity index (χ0n) is 10.6. The van der Waals surface area contributed by atoms with Crippen molar-refractivity contribution in [1.29, 1.82) is 0 Å². The van der Waals surface area contributed by atoms with E-state index in [0.717, 1.165) is 17.6 Å². The summed E-state index contributed by atoms with van der Waals surface area (Å²) in [6.07, 6.45) is 11.3. The maximum atomic E-state index is 6.34. The van der Waals surface area contributed by atoms with E-state index in [2.05, 4.69) is 26.2 Å². The van der Waals surface area contributed by atoms with Crippen LogP contribution in [0.15, 0.2) is 6.20 Å².